The number of nitrogens with one attached hydrogen (secondary N) is 1. The lowest BCUT2D eigenvalue weighted by molar-refractivity contribution is -0.119. The molecule has 0 atom stereocenters. The minimum absolute atomic E-state index is 0.128. The molecule has 0 spiro atoms. The number of benzene rings is 1. The van der Waals surface area contributed by atoms with Crippen molar-refractivity contribution in [3.63, 3.8) is 0 Å². The van der Waals surface area contributed by atoms with Crippen molar-refractivity contribution < 1.29 is 19.1 Å². The quantitative estimate of drug-likeness (QED) is 0.666. The standard InChI is InChI=1S/C17H18ClN3O4S/c1-3-26-15-5-4-11(8-20-15)21-17(23)10-6-12(18)16(13(7-10)24-2)25-9-14(19)22/h4-8H,3,9H2,1-2H3,(H2,19,22)(H,21,23). The number of nitrogens with zero attached hydrogens (tertiary/aromatic N) is 1. The number of hydrogen-bond acceptors (Lipinski definition) is 6. The van der Waals surface area contributed by atoms with Gasteiger partial charge in [-0.05, 0) is 30.0 Å². The fourth-order valence-corrected chi connectivity index (χ4v) is 2.88. The Hall–Kier alpha value is -2.45. The second-order valence-corrected chi connectivity index (χ2v) is 6.71. The van der Waals surface area contributed by atoms with E-state index in [-0.39, 0.29) is 34.6 Å². The monoisotopic (exact) mass is 395 g/mol. The Morgan fingerprint density at radius 1 is 1.35 bits per heavy atom. The number of halogens is 1. The fourth-order valence-electron chi connectivity index (χ4n) is 2.03. The maximum atomic E-state index is 12.4. The summed E-state index contributed by atoms with van der Waals surface area (Å²) in [5, 5.41) is 3.74. The molecule has 0 fully saturated rings. The number of hydrogen-bond donors (Lipinski definition) is 2. The van der Waals surface area contributed by atoms with Crippen LogP contribution in [0.25, 0.3) is 0 Å². The van der Waals surface area contributed by atoms with Crippen molar-refractivity contribution in [3.8, 4) is 11.5 Å². The highest BCUT2D eigenvalue weighted by atomic mass is 35.5. The molecular formula is C17H18ClN3O4S. The number of carbonyl (C=O) groups is 2. The molecule has 1 aromatic carbocycles. The van der Waals surface area contributed by atoms with Gasteiger partial charge in [0, 0.05) is 5.56 Å². The van der Waals surface area contributed by atoms with Crippen LogP contribution in [0.3, 0.4) is 0 Å². The second-order valence-electron chi connectivity index (χ2n) is 5.02. The van der Waals surface area contributed by atoms with Crippen LogP contribution in [0, 0.1) is 0 Å². The number of pyridine rings is 1. The number of anilines is 1. The van der Waals surface area contributed by atoms with Crippen molar-refractivity contribution in [2.45, 2.75) is 11.9 Å². The summed E-state index contributed by atoms with van der Waals surface area (Å²) in [5.74, 6) is 0.247. The van der Waals surface area contributed by atoms with Gasteiger partial charge in [-0.25, -0.2) is 4.98 Å². The molecule has 0 bridgehead atoms. The second kappa shape index (κ2) is 9.30. The van der Waals surface area contributed by atoms with Gasteiger partial charge in [-0.2, -0.15) is 0 Å². The number of thioether (sulfide) groups is 1. The Bertz CT molecular complexity index is 799. The van der Waals surface area contributed by atoms with Crippen LogP contribution < -0.4 is 20.5 Å². The third kappa shape index (κ3) is 5.27. The van der Waals surface area contributed by atoms with Gasteiger partial charge in [0.05, 0.1) is 29.0 Å². The molecule has 0 saturated carbocycles. The zero-order valence-corrected chi connectivity index (χ0v) is 15.8. The van der Waals surface area contributed by atoms with E-state index in [9.17, 15) is 9.59 Å². The number of rotatable bonds is 8. The van der Waals surface area contributed by atoms with Gasteiger partial charge in [-0.1, -0.05) is 18.5 Å². The molecule has 2 aromatic rings. The van der Waals surface area contributed by atoms with E-state index in [1.807, 2.05) is 13.0 Å². The maximum Gasteiger partial charge on any atom is 0.255 e. The Balaban J connectivity index is 2.17. The van der Waals surface area contributed by atoms with Gasteiger partial charge in [-0.15, -0.1) is 11.8 Å². The third-order valence-corrected chi connectivity index (χ3v) is 4.24. The summed E-state index contributed by atoms with van der Waals surface area (Å²) in [6, 6.07) is 6.49. The normalized spacial score (nSPS) is 10.3. The van der Waals surface area contributed by atoms with Crippen molar-refractivity contribution in [1.29, 1.82) is 0 Å². The molecule has 3 N–H and O–H groups in total. The Morgan fingerprint density at radius 3 is 2.69 bits per heavy atom. The molecule has 0 radical (unpaired) electrons. The molecule has 138 valence electrons. The number of ether oxygens (including phenoxy) is 2. The molecule has 2 amide bonds. The van der Waals surface area contributed by atoms with E-state index in [1.165, 1.54) is 19.2 Å². The van der Waals surface area contributed by atoms with Crippen LogP contribution in [0.5, 0.6) is 11.5 Å². The number of primary amides is 1. The zero-order valence-electron chi connectivity index (χ0n) is 14.2. The van der Waals surface area contributed by atoms with Gasteiger partial charge >= 0.3 is 0 Å². The predicted octanol–water partition coefficient (Wildman–Crippen LogP) is 2.97. The maximum absolute atomic E-state index is 12.4. The third-order valence-electron chi connectivity index (χ3n) is 3.14. The van der Waals surface area contributed by atoms with E-state index < -0.39 is 5.91 Å². The van der Waals surface area contributed by atoms with E-state index >= 15 is 0 Å². The van der Waals surface area contributed by atoms with Gasteiger partial charge in [0.2, 0.25) is 0 Å². The lowest BCUT2D eigenvalue weighted by Crippen LogP contribution is -2.20. The molecule has 1 aromatic heterocycles. The SMILES string of the molecule is CCSc1ccc(NC(=O)c2cc(Cl)c(OCC(N)=O)c(OC)c2)cn1. The van der Waals surface area contributed by atoms with Crippen LogP contribution in [0.4, 0.5) is 5.69 Å². The molecule has 7 nitrogen and oxygen atoms in total. The van der Waals surface area contributed by atoms with Gasteiger partial charge in [0.1, 0.15) is 0 Å². The van der Waals surface area contributed by atoms with E-state index in [0.29, 0.717) is 5.69 Å². The number of carbonyl (C=O) groups excluding carboxylic acids is 2. The van der Waals surface area contributed by atoms with Crippen LogP contribution >= 0.6 is 23.4 Å². The average Bonchev–Trinajstić information content (AvgIpc) is 2.61. The van der Waals surface area contributed by atoms with Crippen molar-refractivity contribution in [2.75, 3.05) is 24.8 Å². The lowest BCUT2D eigenvalue weighted by Gasteiger charge is -2.13. The summed E-state index contributed by atoms with van der Waals surface area (Å²) in [6.45, 7) is 1.69. The summed E-state index contributed by atoms with van der Waals surface area (Å²) in [6.07, 6.45) is 1.58. The van der Waals surface area contributed by atoms with Gasteiger partial charge in [-0.3, -0.25) is 9.59 Å². The Labute approximate surface area is 160 Å². The van der Waals surface area contributed by atoms with Gasteiger partial charge < -0.3 is 20.5 Å². The summed E-state index contributed by atoms with van der Waals surface area (Å²) in [4.78, 5) is 27.6. The van der Waals surface area contributed by atoms with Gasteiger partial charge in [0.25, 0.3) is 11.8 Å². The predicted molar refractivity (Wildman–Crippen MR) is 101 cm³/mol. The summed E-state index contributed by atoms with van der Waals surface area (Å²) < 4.78 is 10.4. The minimum atomic E-state index is -0.651. The summed E-state index contributed by atoms with van der Waals surface area (Å²) >= 11 is 7.76. The largest absolute Gasteiger partial charge is 0.493 e. The molecule has 0 unspecified atom stereocenters. The van der Waals surface area contributed by atoms with Crippen LogP contribution in [-0.4, -0.2) is 36.3 Å². The molecule has 0 saturated heterocycles. The first kappa shape index (κ1) is 19.9. The lowest BCUT2D eigenvalue weighted by atomic mass is 10.2. The topological polar surface area (TPSA) is 104 Å². The van der Waals surface area contributed by atoms with Gasteiger partial charge in [0.15, 0.2) is 18.1 Å². The van der Waals surface area contributed by atoms with E-state index in [0.717, 1.165) is 10.8 Å². The van der Waals surface area contributed by atoms with Crippen LogP contribution in [0.2, 0.25) is 5.02 Å². The Kier molecular flexibility index (Phi) is 7.11. The summed E-state index contributed by atoms with van der Waals surface area (Å²) in [7, 11) is 1.40. The van der Waals surface area contributed by atoms with Crippen molar-refractivity contribution >= 4 is 40.9 Å². The van der Waals surface area contributed by atoms with E-state index in [1.54, 1.807) is 24.0 Å². The fraction of sp³-hybridized carbons (Fsp3) is 0.235. The molecule has 2 rings (SSSR count). The molecule has 0 aliphatic heterocycles. The summed E-state index contributed by atoms with van der Waals surface area (Å²) in [5.41, 5.74) is 5.88. The highest BCUT2D eigenvalue weighted by Crippen LogP contribution is 2.36. The number of methoxy groups -OCH3 is 1. The van der Waals surface area contributed by atoms with Crippen molar-refractivity contribution in [1.82, 2.24) is 4.98 Å². The molecular weight excluding hydrogens is 378 g/mol. The molecule has 0 aliphatic carbocycles. The first-order valence-electron chi connectivity index (χ1n) is 7.63. The number of aromatic nitrogens is 1. The van der Waals surface area contributed by atoms with E-state index in [2.05, 4.69) is 10.3 Å². The first-order valence-corrected chi connectivity index (χ1v) is 8.99. The smallest absolute Gasteiger partial charge is 0.255 e. The van der Waals surface area contributed by atoms with Crippen LogP contribution in [0.15, 0.2) is 35.5 Å². The average molecular weight is 396 g/mol. The van der Waals surface area contributed by atoms with Crippen LogP contribution in [0.1, 0.15) is 17.3 Å². The molecule has 9 heteroatoms. The highest BCUT2D eigenvalue weighted by Gasteiger charge is 2.17. The minimum Gasteiger partial charge on any atom is -0.493 e. The van der Waals surface area contributed by atoms with Crippen LogP contribution in [-0.2, 0) is 4.79 Å². The van der Waals surface area contributed by atoms with E-state index in [4.69, 9.17) is 26.8 Å². The molecule has 1 heterocycles. The molecule has 26 heavy (non-hydrogen) atoms. The highest BCUT2D eigenvalue weighted by molar-refractivity contribution is 7.99. The van der Waals surface area contributed by atoms with Crippen molar-refractivity contribution in [3.05, 3.63) is 41.0 Å². The Morgan fingerprint density at radius 2 is 2.12 bits per heavy atom. The number of amides is 2. The zero-order chi connectivity index (χ0) is 19.1. The van der Waals surface area contributed by atoms with Crippen molar-refractivity contribution in [2.24, 2.45) is 5.73 Å². The number of nitrogens with two attached hydrogens (primary N) is 1. The molecule has 0 aliphatic rings. The first-order chi connectivity index (χ1) is 12.4.